The Bertz CT molecular complexity index is 676. The molecule has 2 aromatic rings. The fourth-order valence-electron chi connectivity index (χ4n) is 1.54. The Morgan fingerprint density at radius 2 is 1.95 bits per heavy atom. The first-order valence-corrected chi connectivity index (χ1v) is 6.03. The molecule has 0 unspecified atom stereocenters. The number of nitrogens with zero attached hydrogens (tertiary/aromatic N) is 3. The van der Waals surface area contributed by atoms with Gasteiger partial charge in [0.25, 0.3) is 5.91 Å². The molecule has 5 nitrogen and oxygen atoms in total. The molecule has 116 valence electrons. The molecule has 0 radical (unpaired) electrons. The molecule has 0 fully saturated rings. The largest absolute Gasteiger partial charge is 0.408 e. The zero-order valence-corrected chi connectivity index (χ0v) is 11.0. The molecule has 1 aromatic heterocycles. The fourth-order valence-corrected chi connectivity index (χ4v) is 1.54. The number of rotatable bonds is 4. The molecule has 0 aliphatic heterocycles. The van der Waals surface area contributed by atoms with Crippen molar-refractivity contribution in [2.75, 3.05) is 0 Å². The number of carbonyl (C=O) groups excluding carboxylic acids is 1. The zero-order valence-electron chi connectivity index (χ0n) is 11.0. The lowest BCUT2D eigenvalue weighted by Crippen LogP contribution is -2.18. The summed E-state index contributed by atoms with van der Waals surface area (Å²) in [5, 5.41) is 7.20. The molecule has 1 amide bonds. The van der Waals surface area contributed by atoms with Crippen LogP contribution in [-0.4, -0.2) is 28.1 Å². The average Bonchev–Trinajstić information content (AvgIpc) is 2.84. The number of hydrazone groups is 1. The van der Waals surface area contributed by atoms with Crippen LogP contribution in [-0.2, 0) is 6.54 Å². The monoisotopic (exact) mass is 314 g/mol. The summed E-state index contributed by atoms with van der Waals surface area (Å²) in [6.45, 7) is -1.21. The molecule has 0 saturated heterocycles. The first-order chi connectivity index (χ1) is 10.3. The third kappa shape index (κ3) is 4.69. The van der Waals surface area contributed by atoms with E-state index in [2.05, 4.69) is 15.6 Å². The van der Waals surface area contributed by atoms with E-state index in [-0.39, 0.29) is 11.3 Å². The lowest BCUT2D eigenvalue weighted by molar-refractivity contribution is -0.142. The third-order valence-corrected chi connectivity index (χ3v) is 2.47. The highest BCUT2D eigenvalue weighted by molar-refractivity contribution is 5.94. The number of hydrogen-bond donors (Lipinski definition) is 1. The predicted octanol–water partition coefficient (Wildman–Crippen LogP) is 2.35. The number of carbonyl (C=O) groups is 1. The second-order valence-corrected chi connectivity index (χ2v) is 4.26. The fraction of sp³-hybridized carbons (Fsp3) is 0.154. The van der Waals surface area contributed by atoms with Gasteiger partial charge in [-0.25, -0.2) is 9.82 Å². The second-order valence-electron chi connectivity index (χ2n) is 4.26. The van der Waals surface area contributed by atoms with E-state index in [9.17, 15) is 22.4 Å². The molecule has 22 heavy (non-hydrogen) atoms. The van der Waals surface area contributed by atoms with Gasteiger partial charge < -0.3 is 0 Å². The number of nitrogens with one attached hydrogen (secondary N) is 1. The summed E-state index contributed by atoms with van der Waals surface area (Å²) >= 11 is 0. The molecule has 1 N–H and O–H groups in total. The maximum absolute atomic E-state index is 12.7. The van der Waals surface area contributed by atoms with E-state index >= 15 is 0 Å². The van der Waals surface area contributed by atoms with Gasteiger partial charge in [0.15, 0.2) is 0 Å². The van der Waals surface area contributed by atoms with Crippen molar-refractivity contribution in [1.82, 2.24) is 15.2 Å². The van der Waals surface area contributed by atoms with E-state index < -0.39 is 24.4 Å². The Balaban J connectivity index is 1.92. The van der Waals surface area contributed by atoms with Gasteiger partial charge in [0.2, 0.25) is 0 Å². The van der Waals surface area contributed by atoms with Gasteiger partial charge >= 0.3 is 6.18 Å². The van der Waals surface area contributed by atoms with Gasteiger partial charge in [-0.1, -0.05) is 0 Å². The van der Waals surface area contributed by atoms with Gasteiger partial charge in [-0.2, -0.15) is 23.4 Å². The highest BCUT2D eigenvalue weighted by Gasteiger charge is 2.28. The maximum Gasteiger partial charge on any atom is 0.408 e. The quantitative estimate of drug-likeness (QED) is 0.535. The van der Waals surface area contributed by atoms with Gasteiger partial charge in [-0.05, 0) is 30.3 Å². The summed E-state index contributed by atoms with van der Waals surface area (Å²) in [7, 11) is 0. The van der Waals surface area contributed by atoms with Crippen molar-refractivity contribution in [2.24, 2.45) is 5.10 Å². The molecule has 0 saturated carbocycles. The minimum absolute atomic E-state index is 0.156. The number of halogens is 4. The SMILES string of the molecule is O=C(N/N=C/c1ccn(CC(F)(F)F)n1)c1ccc(F)cc1. The summed E-state index contributed by atoms with van der Waals surface area (Å²) in [4.78, 5) is 11.6. The van der Waals surface area contributed by atoms with Crippen LogP contribution in [0.3, 0.4) is 0 Å². The molecule has 0 atom stereocenters. The van der Waals surface area contributed by atoms with Crippen LogP contribution >= 0.6 is 0 Å². The van der Waals surface area contributed by atoms with Crippen LogP contribution in [0.4, 0.5) is 17.6 Å². The van der Waals surface area contributed by atoms with Crippen molar-refractivity contribution in [3.63, 3.8) is 0 Å². The van der Waals surface area contributed by atoms with Crippen LogP contribution in [0.1, 0.15) is 16.1 Å². The number of hydrogen-bond acceptors (Lipinski definition) is 3. The molecule has 0 bridgehead atoms. The Morgan fingerprint density at radius 3 is 2.59 bits per heavy atom. The van der Waals surface area contributed by atoms with Gasteiger partial charge in [0.05, 0.1) is 6.21 Å². The summed E-state index contributed by atoms with van der Waals surface area (Å²) in [6, 6.07) is 6.12. The van der Waals surface area contributed by atoms with Gasteiger partial charge in [0.1, 0.15) is 18.1 Å². The van der Waals surface area contributed by atoms with Crippen molar-refractivity contribution in [2.45, 2.75) is 12.7 Å². The maximum atomic E-state index is 12.7. The standard InChI is InChI=1S/C13H10F4N4O/c14-10-3-1-9(2-4-10)12(22)19-18-7-11-5-6-21(20-11)8-13(15,16)17/h1-7H,8H2,(H,19,22)/b18-7+. The van der Waals surface area contributed by atoms with Gasteiger partial charge in [-0.15, -0.1) is 0 Å². The summed E-state index contributed by atoms with van der Waals surface area (Å²) in [6.07, 6.45) is -2.11. The number of aromatic nitrogens is 2. The van der Waals surface area contributed by atoms with Crippen LogP contribution in [0, 0.1) is 5.82 Å². The van der Waals surface area contributed by atoms with Crippen LogP contribution < -0.4 is 5.43 Å². The van der Waals surface area contributed by atoms with E-state index in [1.807, 2.05) is 0 Å². The Morgan fingerprint density at radius 1 is 1.27 bits per heavy atom. The minimum atomic E-state index is -4.36. The van der Waals surface area contributed by atoms with E-state index in [0.29, 0.717) is 4.68 Å². The Labute approximate surface area is 122 Å². The third-order valence-electron chi connectivity index (χ3n) is 2.47. The van der Waals surface area contributed by atoms with Gasteiger partial charge in [-0.3, -0.25) is 9.48 Å². The van der Waals surface area contributed by atoms with E-state index in [1.54, 1.807) is 0 Å². The number of amides is 1. The van der Waals surface area contributed by atoms with E-state index in [4.69, 9.17) is 0 Å². The topological polar surface area (TPSA) is 59.3 Å². The minimum Gasteiger partial charge on any atom is -0.267 e. The molecular weight excluding hydrogens is 304 g/mol. The zero-order chi connectivity index (χ0) is 16.2. The molecule has 1 heterocycles. The number of alkyl halides is 3. The highest BCUT2D eigenvalue weighted by Crippen LogP contribution is 2.16. The lowest BCUT2D eigenvalue weighted by atomic mass is 10.2. The smallest absolute Gasteiger partial charge is 0.267 e. The molecule has 0 spiro atoms. The van der Waals surface area contributed by atoms with E-state index in [1.165, 1.54) is 18.2 Å². The van der Waals surface area contributed by atoms with Crippen molar-refractivity contribution < 1.29 is 22.4 Å². The number of benzene rings is 1. The lowest BCUT2D eigenvalue weighted by Gasteiger charge is -2.04. The first kappa shape index (κ1) is 15.7. The van der Waals surface area contributed by atoms with Crippen LogP contribution in [0.25, 0.3) is 0 Å². The van der Waals surface area contributed by atoms with Crippen LogP contribution in [0.5, 0.6) is 0 Å². The molecule has 1 aromatic carbocycles. The predicted molar refractivity (Wildman–Crippen MR) is 69.7 cm³/mol. The van der Waals surface area contributed by atoms with Crippen molar-refractivity contribution in [3.8, 4) is 0 Å². The van der Waals surface area contributed by atoms with E-state index in [0.717, 1.165) is 24.5 Å². The molecule has 0 aliphatic rings. The van der Waals surface area contributed by atoms with Crippen LogP contribution in [0.2, 0.25) is 0 Å². The molecule has 9 heteroatoms. The van der Waals surface area contributed by atoms with Crippen LogP contribution in [0.15, 0.2) is 41.6 Å². The average molecular weight is 314 g/mol. The Kier molecular flexibility index (Phi) is 4.54. The summed E-state index contributed by atoms with van der Waals surface area (Å²) < 4.78 is 49.8. The highest BCUT2D eigenvalue weighted by atomic mass is 19.4. The molecule has 2 rings (SSSR count). The Hall–Kier alpha value is -2.71. The normalized spacial score (nSPS) is 11.8. The molecule has 0 aliphatic carbocycles. The van der Waals surface area contributed by atoms with Crippen molar-refractivity contribution in [1.29, 1.82) is 0 Å². The summed E-state index contributed by atoms with van der Waals surface area (Å²) in [5.41, 5.74) is 2.51. The first-order valence-electron chi connectivity index (χ1n) is 6.03. The van der Waals surface area contributed by atoms with Gasteiger partial charge in [0, 0.05) is 11.8 Å². The summed E-state index contributed by atoms with van der Waals surface area (Å²) in [5.74, 6) is -1.05. The van der Waals surface area contributed by atoms with Crippen molar-refractivity contribution >= 4 is 12.1 Å². The molecular formula is C13H10F4N4O. The second kappa shape index (κ2) is 6.37. The van der Waals surface area contributed by atoms with Crippen molar-refractivity contribution in [3.05, 3.63) is 53.6 Å².